The lowest BCUT2D eigenvalue weighted by Crippen LogP contribution is -2.31. The number of hydrogen-bond acceptors (Lipinski definition) is 2. The molecule has 0 aliphatic rings. The van der Waals surface area contributed by atoms with Crippen LogP contribution in [0.3, 0.4) is 0 Å². The Morgan fingerprint density at radius 2 is 1.42 bits per heavy atom. The Morgan fingerprint density at radius 1 is 0.947 bits per heavy atom. The van der Waals surface area contributed by atoms with Gasteiger partial charge in [-0.1, -0.05) is 60.7 Å². The average molecular weight is 295 g/mol. The van der Waals surface area contributed by atoms with Crippen LogP contribution in [0.4, 0.5) is 0 Å². The molecule has 4 heteroatoms. The summed E-state index contributed by atoms with van der Waals surface area (Å²) in [4.78, 5) is 0. The van der Waals surface area contributed by atoms with Gasteiger partial charge >= 0.3 is 0 Å². The molecule has 1 unspecified atom stereocenters. The molecule has 0 heterocycles. The molecule has 0 bridgehead atoms. The van der Waals surface area contributed by atoms with E-state index in [0.29, 0.717) is 12.0 Å². The molecule has 0 N–H and O–H groups in total. The van der Waals surface area contributed by atoms with E-state index in [-0.39, 0.29) is 0 Å². The number of halogens is 1. The molecule has 0 saturated carbocycles. The fraction of sp³-hybridized carbons (Fsp3) is 0.200. The Morgan fingerprint density at radius 3 is 1.89 bits per heavy atom. The van der Waals surface area contributed by atoms with Crippen molar-refractivity contribution in [1.82, 2.24) is 0 Å². The maximum absolute atomic E-state index is 12.0. The zero-order valence-corrected chi connectivity index (χ0v) is 12.2. The van der Waals surface area contributed by atoms with Crippen molar-refractivity contribution < 1.29 is 8.42 Å². The molecule has 2 aromatic carbocycles. The molecule has 0 radical (unpaired) electrons. The highest BCUT2D eigenvalue weighted by molar-refractivity contribution is 8.14. The van der Waals surface area contributed by atoms with E-state index in [1.165, 1.54) is 0 Å². The summed E-state index contributed by atoms with van der Waals surface area (Å²) in [5.74, 6) is 0. The lowest BCUT2D eigenvalue weighted by atomic mass is 9.93. The molecule has 100 valence electrons. The van der Waals surface area contributed by atoms with Gasteiger partial charge in [0.25, 0.3) is 0 Å². The second-order valence-corrected chi connectivity index (χ2v) is 7.69. The van der Waals surface area contributed by atoms with Crippen LogP contribution in [-0.4, -0.2) is 8.42 Å². The molecule has 2 rings (SSSR count). The molecular formula is C15H15ClO2S. The zero-order chi connectivity index (χ0) is 13.9. The van der Waals surface area contributed by atoms with Gasteiger partial charge in [-0.15, -0.1) is 0 Å². The summed E-state index contributed by atoms with van der Waals surface area (Å²) in [6, 6.07) is 18.6. The zero-order valence-electron chi connectivity index (χ0n) is 10.6. The van der Waals surface area contributed by atoms with Gasteiger partial charge in [-0.3, -0.25) is 0 Å². The van der Waals surface area contributed by atoms with Crippen molar-refractivity contribution in [2.24, 2.45) is 0 Å². The van der Waals surface area contributed by atoms with Gasteiger partial charge < -0.3 is 0 Å². The quantitative estimate of drug-likeness (QED) is 0.806. The lowest BCUT2D eigenvalue weighted by molar-refractivity contribution is 0.551. The van der Waals surface area contributed by atoms with Gasteiger partial charge in [0, 0.05) is 10.7 Å². The van der Waals surface area contributed by atoms with Crippen molar-refractivity contribution in [3.63, 3.8) is 0 Å². The SMILES string of the molecule is CC(Cc1ccccc1)(c1ccccc1)S(=O)(=O)Cl. The molecule has 0 saturated heterocycles. The summed E-state index contributed by atoms with van der Waals surface area (Å²) in [5, 5.41) is 0. The number of hydrogen-bond donors (Lipinski definition) is 0. The van der Waals surface area contributed by atoms with Gasteiger partial charge in [0.15, 0.2) is 0 Å². The Hall–Kier alpha value is -1.32. The van der Waals surface area contributed by atoms with Crippen LogP contribution in [0.25, 0.3) is 0 Å². The van der Waals surface area contributed by atoms with E-state index in [9.17, 15) is 8.42 Å². The van der Waals surface area contributed by atoms with Gasteiger partial charge in [-0.2, -0.15) is 0 Å². The highest BCUT2D eigenvalue weighted by Crippen LogP contribution is 2.36. The predicted molar refractivity (Wildman–Crippen MR) is 78.7 cm³/mol. The van der Waals surface area contributed by atoms with Crippen molar-refractivity contribution in [2.75, 3.05) is 0 Å². The standard InChI is InChI=1S/C15H15ClO2S/c1-15(19(16,17)18,14-10-6-3-7-11-14)12-13-8-4-2-5-9-13/h2-11H,12H2,1H3. The molecular weight excluding hydrogens is 280 g/mol. The second-order valence-electron chi connectivity index (χ2n) is 4.70. The Balaban J connectivity index is 2.49. The first-order valence-corrected chi connectivity index (χ1v) is 8.28. The predicted octanol–water partition coefficient (Wildman–Crippen LogP) is 3.71. The first kappa shape index (κ1) is 14.1. The summed E-state index contributed by atoms with van der Waals surface area (Å²) >= 11 is 0. The van der Waals surface area contributed by atoms with Crippen LogP contribution in [0.2, 0.25) is 0 Å². The molecule has 19 heavy (non-hydrogen) atoms. The maximum Gasteiger partial charge on any atom is 0.242 e. The topological polar surface area (TPSA) is 34.1 Å². The van der Waals surface area contributed by atoms with Crippen LogP contribution >= 0.6 is 10.7 Å². The van der Waals surface area contributed by atoms with E-state index >= 15 is 0 Å². The van der Waals surface area contributed by atoms with Gasteiger partial charge in [0.05, 0.1) is 0 Å². The van der Waals surface area contributed by atoms with Crippen LogP contribution < -0.4 is 0 Å². The molecule has 0 fully saturated rings. The molecule has 0 spiro atoms. The lowest BCUT2D eigenvalue weighted by Gasteiger charge is -2.26. The fourth-order valence-electron chi connectivity index (χ4n) is 2.11. The average Bonchev–Trinajstić information content (AvgIpc) is 2.39. The van der Waals surface area contributed by atoms with Crippen LogP contribution in [0.5, 0.6) is 0 Å². The minimum absolute atomic E-state index is 0.351. The van der Waals surface area contributed by atoms with E-state index in [1.807, 2.05) is 48.5 Å². The second kappa shape index (κ2) is 5.35. The van der Waals surface area contributed by atoms with E-state index in [4.69, 9.17) is 10.7 Å². The summed E-state index contributed by atoms with van der Waals surface area (Å²) in [5.41, 5.74) is 1.65. The van der Waals surface area contributed by atoms with E-state index in [1.54, 1.807) is 19.1 Å². The van der Waals surface area contributed by atoms with Gasteiger partial charge in [0.2, 0.25) is 9.05 Å². The van der Waals surface area contributed by atoms with Gasteiger partial charge in [-0.25, -0.2) is 8.42 Å². The van der Waals surface area contributed by atoms with E-state index in [0.717, 1.165) is 5.56 Å². The van der Waals surface area contributed by atoms with Crippen LogP contribution in [0.1, 0.15) is 18.1 Å². The highest BCUT2D eigenvalue weighted by atomic mass is 35.7. The Kier molecular flexibility index (Phi) is 3.97. The monoisotopic (exact) mass is 294 g/mol. The van der Waals surface area contributed by atoms with Crippen LogP contribution in [-0.2, 0) is 20.2 Å². The van der Waals surface area contributed by atoms with Crippen molar-refractivity contribution in [1.29, 1.82) is 0 Å². The van der Waals surface area contributed by atoms with Crippen molar-refractivity contribution in [2.45, 2.75) is 18.1 Å². The van der Waals surface area contributed by atoms with Crippen molar-refractivity contribution >= 4 is 19.7 Å². The number of rotatable bonds is 4. The summed E-state index contributed by atoms with van der Waals surface area (Å²) < 4.78 is 22.9. The van der Waals surface area contributed by atoms with Crippen LogP contribution in [0, 0.1) is 0 Å². The molecule has 0 aliphatic heterocycles. The van der Waals surface area contributed by atoms with Crippen molar-refractivity contribution in [3.8, 4) is 0 Å². The van der Waals surface area contributed by atoms with Gasteiger partial charge in [0.1, 0.15) is 4.75 Å². The summed E-state index contributed by atoms with van der Waals surface area (Å²) in [7, 11) is 1.95. The minimum Gasteiger partial charge on any atom is -0.211 e. The Bertz CT molecular complexity index is 638. The Labute approximate surface area is 118 Å². The first-order valence-electron chi connectivity index (χ1n) is 5.97. The van der Waals surface area contributed by atoms with Gasteiger partial charge in [-0.05, 0) is 24.5 Å². The minimum atomic E-state index is -3.74. The molecule has 2 nitrogen and oxygen atoms in total. The van der Waals surface area contributed by atoms with Crippen LogP contribution in [0.15, 0.2) is 60.7 Å². The summed E-state index contributed by atoms with van der Waals surface area (Å²) in [6.45, 7) is 1.66. The third kappa shape index (κ3) is 2.99. The highest BCUT2D eigenvalue weighted by Gasteiger charge is 2.39. The van der Waals surface area contributed by atoms with E-state index in [2.05, 4.69) is 0 Å². The summed E-state index contributed by atoms with van der Waals surface area (Å²) in [6.07, 6.45) is 0.351. The van der Waals surface area contributed by atoms with E-state index < -0.39 is 13.8 Å². The number of benzene rings is 2. The molecule has 2 aromatic rings. The normalized spacial score (nSPS) is 14.8. The third-order valence-electron chi connectivity index (χ3n) is 3.31. The molecule has 0 aromatic heterocycles. The fourth-order valence-corrected chi connectivity index (χ4v) is 3.29. The largest absolute Gasteiger partial charge is 0.242 e. The molecule has 0 amide bonds. The maximum atomic E-state index is 12.0. The smallest absolute Gasteiger partial charge is 0.211 e. The first-order chi connectivity index (χ1) is 8.93. The third-order valence-corrected chi connectivity index (χ3v) is 5.78. The molecule has 1 atom stereocenters. The van der Waals surface area contributed by atoms with Crippen molar-refractivity contribution in [3.05, 3.63) is 71.8 Å². The molecule has 0 aliphatic carbocycles.